The molecule has 2 aromatic carbocycles. The van der Waals surface area contributed by atoms with E-state index in [-0.39, 0.29) is 12.5 Å². The van der Waals surface area contributed by atoms with E-state index >= 15 is 0 Å². The Kier molecular flexibility index (Phi) is 5.79. The molecular weight excluding hydrogens is 338 g/mol. The van der Waals surface area contributed by atoms with Crippen molar-refractivity contribution in [2.75, 3.05) is 13.2 Å². The molecule has 1 N–H and O–H groups in total. The van der Waals surface area contributed by atoms with Gasteiger partial charge in [0.15, 0.2) is 6.61 Å². The lowest BCUT2D eigenvalue weighted by atomic mass is 10.1. The van der Waals surface area contributed by atoms with Crippen LogP contribution >= 0.6 is 0 Å². The molecule has 1 heterocycles. The number of aromatic nitrogens is 2. The molecule has 0 aliphatic heterocycles. The third-order valence-electron chi connectivity index (χ3n) is 4.77. The number of hydrogen-bond acceptors (Lipinski definition) is 3. The van der Waals surface area contributed by atoms with E-state index in [0.29, 0.717) is 19.0 Å². The first-order valence-corrected chi connectivity index (χ1v) is 9.39. The Morgan fingerprint density at radius 2 is 1.93 bits per heavy atom. The summed E-state index contributed by atoms with van der Waals surface area (Å²) >= 11 is 0. The highest BCUT2D eigenvalue weighted by Crippen LogP contribution is 2.21. The first kappa shape index (κ1) is 19.0. The topological polar surface area (TPSA) is 56.1 Å². The predicted molar refractivity (Wildman–Crippen MR) is 108 cm³/mol. The van der Waals surface area contributed by atoms with Crippen LogP contribution < -0.4 is 10.1 Å². The van der Waals surface area contributed by atoms with Crippen LogP contribution in [0, 0.1) is 13.8 Å². The van der Waals surface area contributed by atoms with Crippen LogP contribution in [-0.4, -0.2) is 28.6 Å². The molecule has 5 heteroatoms. The summed E-state index contributed by atoms with van der Waals surface area (Å²) in [5.41, 5.74) is 4.34. The van der Waals surface area contributed by atoms with E-state index < -0.39 is 0 Å². The Balaban J connectivity index is 1.57. The van der Waals surface area contributed by atoms with Gasteiger partial charge in [-0.3, -0.25) is 4.79 Å². The average molecular weight is 365 g/mol. The zero-order chi connectivity index (χ0) is 19.4. The molecule has 1 amide bonds. The Hall–Kier alpha value is -2.82. The van der Waals surface area contributed by atoms with Crippen LogP contribution in [0.4, 0.5) is 0 Å². The Labute approximate surface area is 160 Å². The standard InChI is InChI=1S/C22H27N3O2/c1-15(2)25-19-10-6-5-9-18(19)24-21(25)12-13-23-22(26)14-27-20-11-7-8-16(3)17(20)4/h5-11,15H,12-14H2,1-4H3,(H,23,26). The number of nitrogens with one attached hydrogen (secondary N) is 1. The van der Waals surface area contributed by atoms with E-state index in [9.17, 15) is 4.79 Å². The van der Waals surface area contributed by atoms with E-state index in [4.69, 9.17) is 9.72 Å². The van der Waals surface area contributed by atoms with Gasteiger partial charge in [0.2, 0.25) is 0 Å². The summed E-state index contributed by atoms with van der Waals surface area (Å²) in [5.74, 6) is 1.62. The summed E-state index contributed by atoms with van der Waals surface area (Å²) in [6, 6.07) is 14.3. The lowest BCUT2D eigenvalue weighted by Crippen LogP contribution is -2.31. The molecule has 0 unspecified atom stereocenters. The number of hydrogen-bond donors (Lipinski definition) is 1. The van der Waals surface area contributed by atoms with Gasteiger partial charge in [0.05, 0.1) is 11.0 Å². The van der Waals surface area contributed by atoms with Gasteiger partial charge in [-0.25, -0.2) is 4.98 Å². The summed E-state index contributed by atoms with van der Waals surface area (Å²) in [4.78, 5) is 16.9. The van der Waals surface area contributed by atoms with Crippen LogP contribution in [0.15, 0.2) is 42.5 Å². The molecule has 3 rings (SSSR count). The molecule has 5 nitrogen and oxygen atoms in total. The molecule has 142 valence electrons. The van der Waals surface area contributed by atoms with E-state index in [2.05, 4.69) is 29.8 Å². The monoisotopic (exact) mass is 365 g/mol. The van der Waals surface area contributed by atoms with Crippen LogP contribution in [0.2, 0.25) is 0 Å². The molecule has 0 radical (unpaired) electrons. The summed E-state index contributed by atoms with van der Waals surface area (Å²) in [5, 5.41) is 2.93. The summed E-state index contributed by atoms with van der Waals surface area (Å²) in [6.07, 6.45) is 0.683. The van der Waals surface area contributed by atoms with Crippen molar-refractivity contribution in [3.63, 3.8) is 0 Å². The number of ether oxygens (including phenoxy) is 1. The van der Waals surface area contributed by atoms with Crippen LogP contribution in [0.3, 0.4) is 0 Å². The quantitative estimate of drug-likeness (QED) is 0.689. The number of rotatable bonds is 7. The number of aryl methyl sites for hydroxylation is 1. The Bertz CT molecular complexity index is 944. The number of nitrogens with zero attached hydrogens (tertiary/aromatic N) is 2. The zero-order valence-electron chi connectivity index (χ0n) is 16.5. The highest BCUT2D eigenvalue weighted by molar-refractivity contribution is 5.78. The van der Waals surface area contributed by atoms with Gasteiger partial charge in [-0.05, 0) is 57.0 Å². The molecule has 0 bridgehead atoms. The van der Waals surface area contributed by atoms with Crippen molar-refractivity contribution in [3.8, 4) is 5.75 Å². The largest absolute Gasteiger partial charge is 0.483 e. The fraction of sp³-hybridized carbons (Fsp3) is 0.364. The van der Waals surface area contributed by atoms with Gasteiger partial charge in [-0.1, -0.05) is 24.3 Å². The summed E-state index contributed by atoms with van der Waals surface area (Å²) in [7, 11) is 0. The van der Waals surface area contributed by atoms with E-state index in [0.717, 1.165) is 33.7 Å². The van der Waals surface area contributed by atoms with Gasteiger partial charge < -0.3 is 14.6 Å². The fourth-order valence-corrected chi connectivity index (χ4v) is 3.24. The minimum Gasteiger partial charge on any atom is -0.483 e. The second kappa shape index (κ2) is 8.25. The van der Waals surface area contributed by atoms with Gasteiger partial charge in [0.1, 0.15) is 11.6 Å². The van der Waals surface area contributed by atoms with Crippen molar-refractivity contribution in [2.24, 2.45) is 0 Å². The van der Waals surface area contributed by atoms with Crippen molar-refractivity contribution in [2.45, 2.75) is 40.2 Å². The lowest BCUT2D eigenvalue weighted by molar-refractivity contribution is -0.123. The molecule has 3 aromatic rings. The molecule has 0 saturated carbocycles. The minimum absolute atomic E-state index is 0.0187. The second-order valence-electron chi connectivity index (χ2n) is 7.07. The average Bonchev–Trinajstić information content (AvgIpc) is 3.01. The summed E-state index contributed by atoms with van der Waals surface area (Å²) in [6.45, 7) is 8.88. The maximum atomic E-state index is 12.1. The fourth-order valence-electron chi connectivity index (χ4n) is 3.24. The molecule has 1 aromatic heterocycles. The van der Waals surface area contributed by atoms with E-state index in [1.165, 1.54) is 0 Å². The normalized spacial score (nSPS) is 11.1. The number of carbonyl (C=O) groups is 1. The zero-order valence-corrected chi connectivity index (χ0v) is 16.5. The van der Waals surface area contributed by atoms with E-state index in [1.807, 2.05) is 50.2 Å². The highest BCUT2D eigenvalue weighted by Gasteiger charge is 2.13. The SMILES string of the molecule is Cc1cccc(OCC(=O)NCCc2nc3ccccc3n2C(C)C)c1C. The maximum absolute atomic E-state index is 12.1. The molecule has 0 fully saturated rings. The molecular formula is C22H27N3O2. The molecule has 0 aliphatic carbocycles. The van der Waals surface area contributed by atoms with Gasteiger partial charge in [0.25, 0.3) is 5.91 Å². The number of fused-ring (bicyclic) bond motifs is 1. The molecule has 0 aliphatic rings. The number of benzene rings is 2. The van der Waals surface area contributed by atoms with Crippen LogP contribution in [0.1, 0.15) is 36.8 Å². The van der Waals surface area contributed by atoms with Crippen molar-refractivity contribution >= 4 is 16.9 Å². The van der Waals surface area contributed by atoms with Gasteiger partial charge in [0, 0.05) is 19.0 Å². The first-order valence-electron chi connectivity index (χ1n) is 9.39. The van der Waals surface area contributed by atoms with Gasteiger partial charge in [-0.15, -0.1) is 0 Å². The Morgan fingerprint density at radius 1 is 1.15 bits per heavy atom. The summed E-state index contributed by atoms with van der Waals surface area (Å²) < 4.78 is 7.89. The smallest absolute Gasteiger partial charge is 0.257 e. The van der Waals surface area contributed by atoms with Crippen molar-refractivity contribution in [3.05, 3.63) is 59.4 Å². The van der Waals surface area contributed by atoms with Crippen LogP contribution in [-0.2, 0) is 11.2 Å². The molecule has 0 spiro atoms. The molecule has 0 saturated heterocycles. The first-order chi connectivity index (χ1) is 13.0. The third-order valence-corrected chi connectivity index (χ3v) is 4.77. The van der Waals surface area contributed by atoms with E-state index in [1.54, 1.807) is 0 Å². The molecule has 27 heavy (non-hydrogen) atoms. The van der Waals surface area contributed by atoms with Crippen molar-refractivity contribution < 1.29 is 9.53 Å². The predicted octanol–water partition coefficient (Wildman–Crippen LogP) is 3.97. The lowest BCUT2D eigenvalue weighted by Gasteiger charge is -2.14. The number of imidazole rings is 1. The second-order valence-corrected chi connectivity index (χ2v) is 7.07. The van der Waals surface area contributed by atoms with Crippen LogP contribution in [0.25, 0.3) is 11.0 Å². The number of amides is 1. The van der Waals surface area contributed by atoms with Crippen LogP contribution in [0.5, 0.6) is 5.75 Å². The third kappa shape index (κ3) is 4.30. The van der Waals surface area contributed by atoms with Crippen molar-refractivity contribution in [1.29, 1.82) is 0 Å². The van der Waals surface area contributed by atoms with Crippen molar-refractivity contribution in [1.82, 2.24) is 14.9 Å². The minimum atomic E-state index is -0.122. The number of carbonyl (C=O) groups excluding carboxylic acids is 1. The van der Waals surface area contributed by atoms with Gasteiger partial charge in [-0.2, -0.15) is 0 Å². The maximum Gasteiger partial charge on any atom is 0.257 e. The molecule has 0 atom stereocenters. The van der Waals surface area contributed by atoms with Gasteiger partial charge >= 0.3 is 0 Å². The highest BCUT2D eigenvalue weighted by atomic mass is 16.5. The number of para-hydroxylation sites is 2. The Morgan fingerprint density at radius 3 is 2.70 bits per heavy atom.